The fourth-order valence-corrected chi connectivity index (χ4v) is 1.38. The molecule has 0 spiro atoms. The second kappa shape index (κ2) is 6.57. The van der Waals surface area contributed by atoms with Gasteiger partial charge in [0.15, 0.2) is 0 Å². The third-order valence-corrected chi connectivity index (χ3v) is 2.27. The number of rotatable bonds is 6. The lowest BCUT2D eigenvalue weighted by Crippen LogP contribution is -2.42. The first-order valence-electron chi connectivity index (χ1n) is 4.08. The molecule has 0 aliphatic rings. The second-order valence-corrected chi connectivity index (χ2v) is 3.84. The standard InChI is InChI=1S/C6H15N3O4S/c1-3-7-4-5-8-14(11,12)9-6(10)13-2/h7-8H,3-5H2,1-2H3,(H,9,10). The van der Waals surface area contributed by atoms with E-state index in [1.807, 2.05) is 6.92 Å². The van der Waals surface area contributed by atoms with Crippen molar-refractivity contribution in [1.82, 2.24) is 14.8 Å². The summed E-state index contributed by atoms with van der Waals surface area (Å²) < 4.78 is 30.0. The largest absolute Gasteiger partial charge is 0.452 e. The van der Waals surface area contributed by atoms with Crippen molar-refractivity contribution in [2.24, 2.45) is 0 Å². The minimum Gasteiger partial charge on any atom is -0.452 e. The van der Waals surface area contributed by atoms with Gasteiger partial charge in [0.05, 0.1) is 7.11 Å². The van der Waals surface area contributed by atoms with Crippen molar-refractivity contribution in [2.45, 2.75) is 6.92 Å². The minimum atomic E-state index is -3.79. The lowest BCUT2D eigenvalue weighted by molar-refractivity contribution is 0.177. The van der Waals surface area contributed by atoms with E-state index < -0.39 is 16.3 Å². The Kier molecular flexibility index (Phi) is 6.17. The normalized spacial score (nSPS) is 11.0. The number of methoxy groups -OCH3 is 1. The van der Waals surface area contributed by atoms with E-state index in [1.54, 1.807) is 4.72 Å². The van der Waals surface area contributed by atoms with Crippen LogP contribution in [0.2, 0.25) is 0 Å². The quantitative estimate of drug-likeness (QED) is 0.493. The van der Waals surface area contributed by atoms with Gasteiger partial charge in [-0.1, -0.05) is 6.92 Å². The molecule has 0 aliphatic heterocycles. The van der Waals surface area contributed by atoms with E-state index in [4.69, 9.17) is 0 Å². The van der Waals surface area contributed by atoms with E-state index in [-0.39, 0.29) is 6.54 Å². The fraction of sp³-hybridized carbons (Fsp3) is 0.833. The van der Waals surface area contributed by atoms with Crippen LogP contribution in [0.1, 0.15) is 6.92 Å². The highest BCUT2D eigenvalue weighted by atomic mass is 32.2. The van der Waals surface area contributed by atoms with Gasteiger partial charge >= 0.3 is 16.3 Å². The zero-order valence-corrected chi connectivity index (χ0v) is 8.98. The Morgan fingerprint density at radius 1 is 1.36 bits per heavy atom. The molecule has 7 nitrogen and oxygen atoms in total. The van der Waals surface area contributed by atoms with E-state index in [0.29, 0.717) is 6.54 Å². The molecule has 3 N–H and O–H groups in total. The van der Waals surface area contributed by atoms with Gasteiger partial charge in [0, 0.05) is 13.1 Å². The summed E-state index contributed by atoms with van der Waals surface area (Å²) in [6.07, 6.45) is -1.01. The van der Waals surface area contributed by atoms with Crippen molar-refractivity contribution in [3.63, 3.8) is 0 Å². The molecule has 0 atom stereocenters. The molecule has 0 aromatic heterocycles. The Morgan fingerprint density at radius 3 is 2.50 bits per heavy atom. The Hall–Kier alpha value is -0.860. The summed E-state index contributed by atoms with van der Waals surface area (Å²) >= 11 is 0. The van der Waals surface area contributed by atoms with Gasteiger partial charge in [-0.2, -0.15) is 13.1 Å². The molecule has 0 rings (SSSR count). The summed E-state index contributed by atoms with van der Waals surface area (Å²) in [5, 5.41) is 2.92. The minimum absolute atomic E-state index is 0.208. The number of amides is 1. The molecule has 0 aliphatic carbocycles. The van der Waals surface area contributed by atoms with E-state index in [9.17, 15) is 13.2 Å². The molecule has 1 amide bonds. The monoisotopic (exact) mass is 225 g/mol. The van der Waals surface area contributed by atoms with Crippen molar-refractivity contribution in [3.05, 3.63) is 0 Å². The maximum atomic E-state index is 11.0. The highest BCUT2D eigenvalue weighted by Crippen LogP contribution is 1.78. The van der Waals surface area contributed by atoms with Crippen LogP contribution in [0.4, 0.5) is 4.79 Å². The first-order chi connectivity index (χ1) is 6.52. The molecule has 0 saturated carbocycles. The van der Waals surface area contributed by atoms with Crippen LogP contribution >= 0.6 is 0 Å². The van der Waals surface area contributed by atoms with Crippen LogP contribution in [-0.4, -0.2) is 41.3 Å². The molecular formula is C6H15N3O4S. The molecular weight excluding hydrogens is 210 g/mol. The number of nitrogens with one attached hydrogen (secondary N) is 3. The van der Waals surface area contributed by atoms with Gasteiger partial charge in [-0.05, 0) is 6.54 Å². The molecule has 0 heterocycles. The SMILES string of the molecule is CCNCCNS(=O)(=O)NC(=O)OC. The van der Waals surface area contributed by atoms with Crippen molar-refractivity contribution in [1.29, 1.82) is 0 Å². The van der Waals surface area contributed by atoms with Gasteiger partial charge in [-0.25, -0.2) is 9.52 Å². The summed E-state index contributed by atoms with van der Waals surface area (Å²) in [4.78, 5) is 10.5. The third kappa shape index (κ3) is 6.63. The van der Waals surface area contributed by atoms with Crippen molar-refractivity contribution >= 4 is 16.3 Å². The summed E-state index contributed by atoms with van der Waals surface area (Å²) in [6.45, 7) is 3.37. The van der Waals surface area contributed by atoms with Gasteiger partial charge < -0.3 is 10.1 Å². The Labute approximate surface area is 83.4 Å². The Balaban J connectivity index is 3.79. The van der Waals surface area contributed by atoms with Crippen LogP contribution < -0.4 is 14.8 Å². The molecule has 0 saturated heterocycles. The van der Waals surface area contributed by atoms with Gasteiger partial charge in [0.25, 0.3) is 0 Å². The number of hydrogen-bond acceptors (Lipinski definition) is 5. The van der Waals surface area contributed by atoms with Gasteiger partial charge in [0.1, 0.15) is 0 Å². The zero-order valence-electron chi connectivity index (χ0n) is 8.16. The first-order valence-corrected chi connectivity index (χ1v) is 5.56. The van der Waals surface area contributed by atoms with Crippen LogP contribution in [0.25, 0.3) is 0 Å². The summed E-state index contributed by atoms with van der Waals surface area (Å²) in [6, 6.07) is 0. The van der Waals surface area contributed by atoms with Crippen molar-refractivity contribution < 1.29 is 17.9 Å². The molecule has 0 fully saturated rings. The molecule has 8 heteroatoms. The highest BCUT2D eigenvalue weighted by molar-refractivity contribution is 7.88. The van der Waals surface area contributed by atoms with Crippen molar-refractivity contribution in [3.8, 4) is 0 Å². The molecule has 84 valence electrons. The predicted octanol–water partition coefficient (Wildman–Crippen LogP) is -1.21. The van der Waals surface area contributed by atoms with Crippen LogP contribution in [0, 0.1) is 0 Å². The van der Waals surface area contributed by atoms with Crippen LogP contribution in [-0.2, 0) is 14.9 Å². The number of hydrogen-bond donors (Lipinski definition) is 3. The molecule has 14 heavy (non-hydrogen) atoms. The van der Waals surface area contributed by atoms with Gasteiger partial charge in [-0.3, -0.25) is 0 Å². The van der Waals surface area contributed by atoms with E-state index in [2.05, 4.69) is 14.8 Å². The highest BCUT2D eigenvalue weighted by Gasteiger charge is 2.12. The lowest BCUT2D eigenvalue weighted by atomic mass is 10.6. The van der Waals surface area contributed by atoms with Gasteiger partial charge in [0.2, 0.25) is 0 Å². The predicted molar refractivity (Wildman–Crippen MR) is 51.0 cm³/mol. The second-order valence-electron chi connectivity index (χ2n) is 2.34. The zero-order chi connectivity index (χ0) is 11.0. The lowest BCUT2D eigenvalue weighted by Gasteiger charge is -2.06. The number of likely N-dealkylation sites (N-methyl/N-ethyl adjacent to an activating group) is 1. The van der Waals surface area contributed by atoms with E-state index in [1.165, 1.54) is 0 Å². The molecule has 0 unspecified atom stereocenters. The topological polar surface area (TPSA) is 96.5 Å². The fourth-order valence-electron chi connectivity index (χ4n) is 0.638. The molecule has 0 aromatic rings. The average molecular weight is 225 g/mol. The van der Waals surface area contributed by atoms with E-state index in [0.717, 1.165) is 13.7 Å². The maximum Gasteiger partial charge on any atom is 0.421 e. The molecule has 0 aromatic carbocycles. The van der Waals surface area contributed by atoms with Crippen molar-refractivity contribution in [2.75, 3.05) is 26.7 Å². The smallest absolute Gasteiger partial charge is 0.421 e. The maximum absolute atomic E-state index is 11.0. The summed E-state index contributed by atoms with van der Waals surface area (Å²) in [7, 11) is -2.70. The first kappa shape index (κ1) is 13.1. The summed E-state index contributed by atoms with van der Waals surface area (Å²) in [5.41, 5.74) is 0. The molecule has 0 radical (unpaired) electrons. The Bertz CT molecular complexity index is 264. The number of ether oxygens (including phenoxy) is 1. The number of carbonyl (C=O) groups excluding carboxylic acids is 1. The van der Waals surface area contributed by atoms with Crippen LogP contribution in [0.15, 0.2) is 0 Å². The summed E-state index contributed by atoms with van der Waals surface area (Å²) in [5.74, 6) is 0. The van der Waals surface area contributed by atoms with Gasteiger partial charge in [-0.15, -0.1) is 0 Å². The third-order valence-electron chi connectivity index (χ3n) is 1.25. The van der Waals surface area contributed by atoms with E-state index >= 15 is 0 Å². The van der Waals surface area contributed by atoms with Crippen LogP contribution in [0.5, 0.6) is 0 Å². The van der Waals surface area contributed by atoms with Crippen LogP contribution in [0.3, 0.4) is 0 Å². The number of carbonyl (C=O) groups is 1. The average Bonchev–Trinajstić information content (AvgIpc) is 2.12. The Morgan fingerprint density at radius 2 is 2.00 bits per heavy atom. The molecule has 0 bridgehead atoms.